The highest BCUT2D eigenvalue weighted by atomic mass is 35.5. The second kappa shape index (κ2) is 37.9. The first-order chi connectivity index (χ1) is 58.9. The van der Waals surface area contributed by atoms with Gasteiger partial charge in [-0.05, 0) is 140 Å². The zero-order valence-electron chi connectivity index (χ0n) is 66.9. The molecule has 2 unspecified atom stereocenters. The maximum atomic E-state index is 16.4. The van der Waals surface area contributed by atoms with Gasteiger partial charge in [0, 0.05) is 65.9 Å². The van der Waals surface area contributed by atoms with Crippen molar-refractivity contribution < 1.29 is 138 Å². The number of nitrogens with zero attached hydrogens (tertiary/aromatic N) is 1. The lowest BCUT2D eigenvalue weighted by Gasteiger charge is -2.46. The molecule has 7 aromatic rings. The Balaban J connectivity index is 0.975. The fraction of sp³-hybridized carbons (Fsp3) is 0.422. The van der Waals surface area contributed by atoms with Crippen LogP contribution < -0.4 is 68.2 Å². The van der Waals surface area contributed by atoms with Gasteiger partial charge in [-0.2, -0.15) is 0 Å². The van der Waals surface area contributed by atoms with Gasteiger partial charge in [-0.3, -0.25) is 33.6 Å². The molecule has 3 fully saturated rings. The van der Waals surface area contributed by atoms with Crippen molar-refractivity contribution in [3.63, 3.8) is 0 Å². The van der Waals surface area contributed by atoms with Crippen LogP contribution in [0.4, 0.5) is 0 Å². The number of aliphatic hydroxyl groups is 8. The minimum Gasteiger partial charge on any atom is -0.508 e. The number of phenols is 3. The van der Waals surface area contributed by atoms with Crippen LogP contribution in [0.3, 0.4) is 0 Å². The Hall–Kier alpha value is -10.9. The second-order valence-corrected chi connectivity index (χ2v) is 32.5. The largest absolute Gasteiger partial charge is 0.508 e. The lowest BCUT2D eigenvalue weighted by molar-refractivity contribution is -0.350. The Morgan fingerprint density at radius 1 is 0.661 bits per heavy atom. The average Bonchev–Trinajstić information content (AvgIpc) is 0.876. The zero-order valence-corrected chi connectivity index (χ0v) is 68.4. The summed E-state index contributed by atoms with van der Waals surface area (Å²) in [6.07, 6.45) is -25.3. The summed E-state index contributed by atoms with van der Waals surface area (Å²) in [5.41, 5.74) is 9.66. The maximum absolute atomic E-state index is 16.4. The van der Waals surface area contributed by atoms with Gasteiger partial charge in [-0.25, -0.2) is 4.79 Å². The lowest BCUT2D eigenvalue weighted by atomic mass is 9.86. The third kappa shape index (κ3) is 19.6. The lowest BCUT2D eigenvalue weighted by Crippen LogP contribution is -2.65. The Kier molecular flexibility index (Phi) is 27.7. The van der Waals surface area contributed by atoms with E-state index in [0.29, 0.717) is 0 Å². The molecule has 6 aromatic carbocycles. The molecule has 9 heterocycles. The van der Waals surface area contributed by atoms with Crippen LogP contribution in [-0.2, 0) is 68.6 Å². The first kappa shape index (κ1) is 90.8. The Morgan fingerprint density at radius 3 is 1.94 bits per heavy atom. The summed E-state index contributed by atoms with van der Waals surface area (Å²) in [6.45, 7) is 5.48. The number of carbonyl (C=O) groups excluding carboxylic acids is 7. The van der Waals surface area contributed by atoms with Gasteiger partial charge in [-0.15, -0.1) is 0 Å². The minimum absolute atomic E-state index is 0.128. The van der Waals surface area contributed by atoms with Gasteiger partial charge in [0.2, 0.25) is 53.4 Å². The van der Waals surface area contributed by atoms with E-state index in [0.717, 1.165) is 78.0 Å². The number of nitrogens with two attached hydrogens (primary N) is 2. The summed E-state index contributed by atoms with van der Waals surface area (Å²) in [4.78, 5) is 120. The summed E-state index contributed by atoms with van der Waals surface area (Å²) in [6, 6.07) is 10.2. The number of nitrogens with one attached hydrogen (secondary N) is 8. The third-order valence-electron chi connectivity index (χ3n) is 22.2. The number of carbonyl (C=O) groups is 8. The number of likely N-dealkylation sites (N-methyl/N-ethyl adjacent to an activating group) is 1. The number of hydrogen-bond acceptors (Lipinski definition) is 30. The molecule has 3 saturated heterocycles. The standard InChI is InChI=1S/C83H95Cl2N11O28/c1-33(2)19-46(88-5)74(109)94-62-64(102)37-12-15-50(44(84)22-37)118-52-24-39-25-53(71(52)123-82-69(107)67(105)72(55(32-97)121-82)124-81-68(106)66(104)65(103)54(120-81)31-89-30-35-9-8-10-40(20-35)96-17-6-7-18-96)119-51-16-13-38(23-45(51)85)70(122-57-29-83(4,87)73(108)34(3)117-57)63-79(114)93-61(80(115)116)43-26-41(98)27-49(100)58(43)42-21-36(11-14-48(42)99)59(76(111)95-63)92-77(112)60(39)91-75(110)47(28-56(86)101)90-78(62)113/h6-18,20-27,33-34,46-47,54-55,57,59-70,72-73,81-82,88-89,97-100,102-108H,19,28-32,87H2,1-5H3,(H2,86,101)(H,90,113)(H,91,110)(H,92,112)(H,93,114)(H,94,109)(H,95,111)(H,115,116)/t34-,46+,47-,54+,55+,57?,59+,60+,61+,62?,63-,64+,65-,66-,67+,68+,69+,70+,72+,73-,81-,82-,83-/m0/s1. The van der Waals surface area contributed by atoms with Crippen molar-refractivity contribution in [3.8, 4) is 62.8 Å². The van der Waals surface area contributed by atoms with Crippen LogP contribution in [0, 0.1) is 5.92 Å². The molecule has 23 atom stereocenters. The Labute approximate surface area is 716 Å². The molecule has 0 aliphatic carbocycles. The maximum Gasteiger partial charge on any atom is 0.330 e. The molecule has 0 spiro atoms. The number of amides is 7. The molecule has 41 heteroatoms. The number of aromatic nitrogens is 1. The minimum atomic E-state index is -2.42. The van der Waals surface area contributed by atoms with Crippen molar-refractivity contribution in [1.29, 1.82) is 0 Å². The number of ether oxygens (including phenoxy) is 8. The summed E-state index contributed by atoms with van der Waals surface area (Å²) in [5, 5.41) is 159. The highest BCUT2D eigenvalue weighted by Crippen LogP contribution is 2.50. The molecular formula is C83H95Cl2N11O28. The van der Waals surface area contributed by atoms with Gasteiger partial charge in [0.05, 0.1) is 41.3 Å². The molecule has 7 amide bonds. The first-order valence-electron chi connectivity index (χ1n) is 39.4. The molecular weight excluding hydrogens is 1670 g/mol. The number of phenolic OH excluding ortho intramolecular Hbond substituents is 3. The fourth-order valence-electron chi connectivity index (χ4n) is 15.7. The molecule has 0 saturated carbocycles. The normalized spacial score (nSPS) is 29.9. The number of benzene rings is 6. The molecule has 24 N–H and O–H groups in total. The number of carboxylic acid groups (broad SMARTS) is 1. The smallest absolute Gasteiger partial charge is 0.330 e. The topological polar surface area (TPSA) is 606 Å². The zero-order chi connectivity index (χ0) is 89.4. The van der Waals surface area contributed by atoms with Gasteiger partial charge < -0.3 is 158 Å². The van der Waals surface area contributed by atoms with Crippen LogP contribution in [0.15, 0.2) is 128 Å². The van der Waals surface area contributed by atoms with E-state index >= 15 is 24.0 Å². The molecule has 39 nitrogen and oxygen atoms in total. The number of fused-ring (bicyclic) bond motifs is 15. The van der Waals surface area contributed by atoms with E-state index < -0.39 is 279 Å². The summed E-state index contributed by atoms with van der Waals surface area (Å²) >= 11 is 14.5. The highest BCUT2D eigenvalue weighted by Gasteiger charge is 2.53. The number of primary amides is 1. The third-order valence-corrected chi connectivity index (χ3v) is 22.8. The number of halogens is 2. The number of aliphatic hydroxyl groups excluding tert-OH is 8. The van der Waals surface area contributed by atoms with E-state index in [-0.39, 0.29) is 48.5 Å². The Morgan fingerprint density at radius 2 is 1.30 bits per heavy atom. The molecule has 1 aromatic heterocycles. The molecule has 8 aliphatic rings. The van der Waals surface area contributed by atoms with Crippen LogP contribution in [-0.4, -0.2) is 243 Å². The van der Waals surface area contributed by atoms with Gasteiger partial charge in [0.25, 0.3) is 0 Å². The predicted molar refractivity (Wildman–Crippen MR) is 432 cm³/mol. The van der Waals surface area contributed by atoms with Gasteiger partial charge in [-0.1, -0.05) is 67.4 Å². The SMILES string of the molecule is CN[C@H](CC(C)C)C(=O)NC1C(=O)N[C@@H](CC(N)=O)C(=O)N[C@H]2C(=O)N[C@H]3C(=O)N[C@H](C(=O)N[C@@H](C(=O)O)c4cc(O)cc(O)c4-c4cc3ccc4O)[C@H](OC3C[C@](C)(N)[C@@H](O)[C@H](C)O3)c3ccc(c(Cl)c3)Oc3cc2cc(c3O[C@@H]2O[C@H](CO)[C@@H](O[C@@H]3O[C@H](CNCc4cccc(-n5cccc5)c4)[C@H](O)[C@H](O)[C@H]3O)[C@H](O)[C@H]2O)Oc2ccc(cc2Cl)[C@H]1O. The van der Waals surface area contributed by atoms with E-state index in [1.54, 1.807) is 0 Å². The second-order valence-electron chi connectivity index (χ2n) is 31.7. The number of aliphatic carboxylic acids is 1. The van der Waals surface area contributed by atoms with Crippen LogP contribution in [0.5, 0.6) is 46.0 Å². The predicted octanol–water partition coefficient (Wildman–Crippen LogP) is 0.519. The van der Waals surface area contributed by atoms with Crippen LogP contribution in [0.25, 0.3) is 16.8 Å². The van der Waals surface area contributed by atoms with Crippen molar-refractivity contribution in [1.82, 2.24) is 47.1 Å². The number of hydrogen-bond donors (Lipinski definition) is 22. The van der Waals surface area contributed by atoms with Gasteiger partial charge in [0.1, 0.15) is 120 Å². The van der Waals surface area contributed by atoms with Crippen LogP contribution in [0.1, 0.15) is 111 Å². The molecule has 8 aliphatic heterocycles. The van der Waals surface area contributed by atoms with Crippen molar-refractivity contribution in [2.75, 3.05) is 20.2 Å². The van der Waals surface area contributed by atoms with Crippen molar-refractivity contribution in [2.45, 2.75) is 193 Å². The summed E-state index contributed by atoms with van der Waals surface area (Å²) in [7, 11) is 1.46. The van der Waals surface area contributed by atoms with E-state index in [1.807, 2.05) is 67.2 Å². The summed E-state index contributed by atoms with van der Waals surface area (Å²) < 4.78 is 53.1. The first-order valence-corrected chi connectivity index (χ1v) is 40.2. The molecule has 664 valence electrons. The van der Waals surface area contributed by atoms with Gasteiger partial charge in [0.15, 0.2) is 30.1 Å². The quantitative estimate of drug-likeness (QED) is 0.0494. The monoisotopic (exact) mass is 1760 g/mol. The number of rotatable bonds is 20. The Bertz CT molecular complexity index is 5170. The van der Waals surface area contributed by atoms with Crippen molar-refractivity contribution in [3.05, 3.63) is 171 Å². The number of aromatic hydroxyl groups is 3. The molecule has 0 radical (unpaired) electrons. The van der Waals surface area contributed by atoms with Crippen LogP contribution >= 0.6 is 23.2 Å². The van der Waals surface area contributed by atoms with Gasteiger partial charge >= 0.3 is 5.97 Å². The highest BCUT2D eigenvalue weighted by molar-refractivity contribution is 6.32. The fourth-order valence-corrected chi connectivity index (χ4v) is 16.1. The van der Waals surface area contributed by atoms with E-state index in [9.17, 15) is 75.7 Å². The van der Waals surface area contributed by atoms with Crippen LogP contribution in [0.2, 0.25) is 10.0 Å². The van der Waals surface area contributed by atoms with E-state index in [1.165, 1.54) is 33.0 Å². The van der Waals surface area contributed by atoms with E-state index in [2.05, 4.69) is 42.5 Å². The van der Waals surface area contributed by atoms with Crippen molar-refractivity contribution in [2.24, 2.45) is 17.4 Å². The average molecular weight is 1770 g/mol. The molecule has 11 bridgehead atoms. The van der Waals surface area contributed by atoms with Crippen molar-refractivity contribution >= 4 is 70.5 Å². The molecule has 124 heavy (non-hydrogen) atoms. The molecule has 15 rings (SSSR count). The van der Waals surface area contributed by atoms with E-state index in [4.69, 9.17) is 72.6 Å². The summed E-state index contributed by atoms with van der Waals surface area (Å²) in [5.74, 6) is -16.6. The number of carboxylic acids is 1.